The van der Waals surface area contributed by atoms with Gasteiger partial charge in [-0.2, -0.15) is 0 Å². The lowest BCUT2D eigenvalue weighted by molar-refractivity contribution is 0.569. The van der Waals surface area contributed by atoms with Crippen molar-refractivity contribution >= 4 is 22.9 Å². The van der Waals surface area contributed by atoms with Crippen molar-refractivity contribution in [2.75, 3.05) is 6.54 Å². The summed E-state index contributed by atoms with van der Waals surface area (Å²) in [5.74, 6) is 0. The number of benzene rings is 1. The first-order valence-electron chi connectivity index (χ1n) is 6.92. The van der Waals surface area contributed by atoms with Crippen molar-refractivity contribution in [1.29, 1.82) is 0 Å². The fourth-order valence-corrected chi connectivity index (χ4v) is 3.05. The van der Waals surface area contributed by atoms with Crippen LogP contribution in [0.4, 0.5) is 0 Å². The van der Waals surface area contributed by atoms with Crippen LogP contribution in [0.25, 0.3) is 0 Å². The maximum Gasteiger partial charge on any atom is 0.121 e. The number of rotatable bonds is 7. The summed E-state index contributed by atoms with van der Waals surface area (Å²) < 4.78 is 0. The van der Waals surface area contributed by atoms with Gasteiger partial charge in [0.25, 0.3) is 0 Å². The molecule has 0 unspecified atom stereocenters. The van der Waals surface area contributed by atoms with Crippen LogP contribution in [0.5, 0.6) is 0 Å². The van der Waals surface area contributed by atoms with Crippen LogP contribution < -0.4 is 5.32 Å². The summed E-state index contributed by atoms with van der Waals surface area (Å²) in [5.41, 5.74) is 1.18. The van der Waals surface area contributed by atoms with E-state index < -0.39 is 0 Å². The predicted molar refractivity (Wildman–Crippen MR) is 85.6 cm³/mol. The third-order valence-electron chi connectivity index (χ3n) is 2.87. The first kappa shape index (κ1) is 15.4. The fraction of sp³-hybridized carbons (Fsp3) is 0.467. The highest BCUT2D eigenvalue weighted by atomic mass is 35.5. The van der Waals surface area contributed by atoms with Gasteiger partial charge in [0, 0.05) is 23.9 Å². The van der Waals surface area contributed by atoms with Gasteiger partial charge < -0.3 is 5.32 Å². The molecular formula is C15H20ClN3S. The minimum Gasteiger partial charge on any atom is -0.315 e. The van der Waals surface area contributed by atoms with E-state index in [1.54, 1.807) is 11.3 Å². The standard InChI is InChI=1S/C15H20ClN3S/c1-11(2)17-8-4-7-14-18-19-15(20-14)10-12-5-3-6-13(16)9-12/h3,5-6,9,11,17H,4,7-8,10H2,1-2H3. The van der Waals surface area contributed by atoms with Crippen LogP contribution in [0.3, 0.4) is 0 Å². The SMILES string of the molecule is CC(C)NCCCc1nnc(Cc2cccc(Cl)c2)s1. The van der Waals surface area contributed by atoms with Gasteiger partial charge in [0.2, 0.25) is 0 Å². The van der Waals surface area contributed by atoms with Crippen LogP contribution in [-0.4, -0.2) is 22.8 Å². The van der Waals surface area contributed by atoms with Gasteiger partial charge in [-0.3, -0.25) is 0 Å². The zero-order valence-corrected chi connectivity index (χ0v) is 13.5. The lowest BCUT2D eigenvalue weighted by Crippen LogP contribution is -2.23. The molecule has 0 amide bonds. The third-order valence-corrected chi connectivity index (χ3v) is 4.09. The van der Waals surface area contributed by atoms with E-state index in [0.29, 0.717) is 6.04 Å². The van der Waals surface area contributed by atoms with Crippen LogP contribution in [0.2, 0.25) is 5.02 Å². The van der Waals surface area contributed by atoms with Crippen molar-refractivity contribution < 1.29 is 0 Å². The Hall–Kier alpha value is -0.970. The van der Waals surface area contributed by atoms with Gasteiger partial charge in [-0.1, -0.05) is 37.6 Å². The quantitative estimate of drug-likeness (QED) is 0.792. The van der Waals surface area contributed by atoms with Crippen molar-refractivity contribution in [3.8, 4) is 0 Å². The van der Waals surface area contributed by atoms with Gasteiger partial charge in [0.15, 0.2) is 0 Å². The van der Waals surface area contributed by atoms with E-state index in [4.69, 9.17) is 11.6 Å². The van der Waals surface area contributed by atoms with Gasteiger partial charge in [0.05, 0.1) is 0 Å². The maximum absolute atomic E-state index is 5.99. The van der Waals surface area contributed by atoms with Crippen LogP contribution >= 0.6 is 22.9 Å². The summed E-state index contributed by atoms with van der Waals surface area (Å²) in [6, 6.07) is 8.45. The molecule has 1 N–H and O–H groups in total. The summed E-state index contributed by atoms with van der Waals surface area (Å²) in [4.78, 5) is 0. The molecule has 2 rings (SSSR count). The Balaban J connectivity index is 1.83. The average Bonchev–Trinajstić information content (AvgIpc) is 2.82. The van der Waals surface area contributed by atoms with Crippen molar-refractivity contribution in [3.05, 3.63) is 44.9 Å². The van der Waals surface area contributed by atoms with E-state index in [1.807, 2.05) is 18.2 Å². The molecule has 5 heteroatoms. The number of aryl methyl sites for hydroxylation is 1. The molecule has 0 spiro atoms. The molecule has 20 heavy (non-hydrogen) atoms. The van der Waals surface area contributed by atoms with E-state index in [1.165, 1.54) is 5.56 Å². The largest absolute Gasteiger partial charge is 0.315 e. The molecule has 0 atom stereocenters. The number of halogens is 1. The zero-order chi connectivity index (χ0) is 14.4. The topological polar surface area (TPSA) is 37.8 Å². The summed E-state index contributed by atoms with van der Waals surface area (Å²) >= 11 is 7.69. The second-order valence-electron chi connectivity index (χ2n) is 5.11. The Bertz CT molecular complexity index is 539. The van der Waals surface area contributed by atoms with Crippen LogP contribution in [0.1, 0.15) is 35.8 Å². The Morgan fingerprint density at radius 3 is 2.80 bits per heavy atom. The number of hydrogen-bond acceptors (Lipinski definition) is 4. The first-order valence-corrected chi connectivity index (χ1v) is 8.12. The van der Waals surface area contributed by atoms with E-state index in [9.17, 15) is 0 Å². The highest BCUT2D eigenvalue weighted by molar-refractivity contribution is 7.11. The minimum atomic E-state index is 0.544. The van der Waals surface area contributed by atoms with E-state index in [0.717, 1.165) is 40.8 Å². The Morgan fingerprint density at radius 1 is 1.25 bits per heavy atom. The second-order valence-corrected chi connectivity index (χ2v) is 6.69. The normalized spacial score (nSPS) is 11.2. The lowest BCUT2D eigenvalue weighted by Gasteiger charge is -2.05. The fourth-order valence-electron chi connectivity index (χ4n) is 1.91. The number of nitrogens with zero attached hydrogens (tertiary/aromatic N) is 2. The smallest absolute Gasteiger partial charge is 0.121 e. The summed E-state index contributed by atoms with van der Waals surface area (Å²) in [7, 11) is 0. The van der Waals surface area contributed by atoms with Gasteiger partial charge in [-0.05, 0) is 30.7 Å². The number of nitrogens with one attached hydrogen (secondary N) is 1. The molecule has 0 fully saturated rings. The highest BCUT2D eigenvalue weighted by Gasteiger charge is 2.05. The maximum atomic E-state index is 5.99. The van der Waals surface area contributed by atoms with E-state index in [2.05, 4.69) is 35.4 Å². The molecule has 1 aromatic heterocycles. The minimum absolute atomic E-state index is 0.544. The van der Waals surface area contributed by atoms with Crippen LogP contribution in [0, 0.1) is 0 Å². The molecule has 0 bridgehead atoms. The molecule has 0 saturated heterocycles. The molecule has 108 valence electrons. The van der Waals surface area contributed by atoms with Crippen molar-refractivity contribution in [2.45, 2.75) is 39.2 Å². The number of hydrogen-bond donors (Lipinski definition) is 1. The van der Waals surface area contributed by atoms with Gasteiger partial charge in [-0.25, -0.2) is 0 Å². The summed E-state index contributed by atoms with van der Waals surface area (Å²) in [6.07, 6.45) is 2.90. The Morgan fingerprint density at radius 2 is 2.05 bits per heavy atom. The van der Waals surface area contributed by atoms with Gasteiger partial charge in [0.1, 0.15) is 10.0 Å². The highest BCUT2D eigenvalue weighted by Crippen LogP contribution is 2.18. The first-order chi connectivity index (χ1) is 9.63. The lowest BCUT2D eigenvalue weighted by atomic mass is 10.2. The number of aromatic nitrogens is 2. The van der Waals surface area contributed by atoms with E-state index in [-0.39, 0.29) is 0 Å². The average molecular weight is 310 g/mol. The van der Waals surface area contributed by atoms with Crippen molar-refractivity contribution in [1.82, 2.24) is 15.5 Å². The molecule has 1 aromatic carbocycles. The van der Waals surface area contributed by atoms with E-state index >= 15 is 0 Å². The summed E-state index contributed by atoms with van der Waals surface area (Å²) in [5, 5.41) is 14.9. The van der Waals surface area contributed by atoms with Crippen molar-refractivity contribution in [2.24, 2.45) is 0 Å². The Labute approximate surface area is 129 Å². The predicted octanol–water partition coefficient (Wildman–Crippen LogP) is 3.71. The molecule has 0 aliphatic carbocycles. The van der Waals surface area contributed by atoms with Gasteiger partial charge >= 0.3 is 0 Å². The molecule has 0 saturated carbocycles. The van der Waals surface area contributed by atoms with Gasteiger partial charge in [-0.15, -0.1) is 21.5 Å². The Kier molecular flexibility index (Phi) is 5.95. The van der Waals surface area contributed by atoms with Crippen LogP contribution in [0.15, 0.2) is 24.3 Å². The molecule has 1 heterocycles. The van der Waals surface area contributed by atoms with Crippen molar-refractivity contribution in [3.63, 3.8) is 0 Å². The summed E-state index contributed by atoms with van der Waals surface area (Å²) in [6.45, 7) is 5.35. The second kappa shape index (κ2) is 7.72. The third kappa shape index (κ3) is 5.19. The molecular weight excluding hydrogens is 290 g/mol. The zero-order valence-electron chi connectivity index (χ0n) is 11.9. The van der Waals surface area contributed by atoms with Crippen LogP contribution in [-0.2, 0) is 12.8 Å². The molecule has 3 nitrogen and oxygen atoms in total. The monoisotopic (exact) mass is 309 g/mol. The molecule has 0 aliphatic rings. The molecule has 2 aromatic rings. The molecule has 0 aliphatic heterocycles. The molecule has 0 radical (unpaired) electrons.